The number of amides is 1. The van der Waals surface area contributed by atoms with E-state index in [2.05, 4.69) is 31.4 Å². The smallest absolute Gasteiger partial charge is 0.250 e. The highest BCUT2D eigenvalue weighted by Gasteiger charge is 2.19. The second-order valence-corrected chi connectivity index (χ2v) is 6.74. The molecule has 0 fully saturated rings. The van der Waals surface area contributed by atoms with Gasteiger partial charge in [0.2, 0.25) is 5.91 Å². The first-order valence-corrected chi connectivity index (χ1v) is 8.58. The van der Waals surface area contributed by atoms with Crippen LogP contribution in [0.15, 0.2) is 47.3 Å². The molecule has 2 aromatic heterocycles. The van der Waals surface area contributed by atoms with Crippen molar-refractivity contribution in [1.82, 2.24) is 19.6 Å². The van der Waals surface area contributed by atoms with E-state index in [9.17, 15) is 9.18 Å². The van der Waals surface area contributed by atoms with E-state index in [0.717, 1.165) is 4.47 Å². The summed E-state index contributed by atoms with van der Waals surface area (Å²) in [6, 6.07) is 5.87. The molecule has 9 heteroatoms. The molecule has 0 spiro atoms. The molecule has 0 radical (unpaired) electrons. The standard InChI is InChI=1S/C16H14BrClFN5O/c1-10(24-8-12(17)6-20-24)16(25)21-15-13(18)9-23(22-15)7-11-4-2-3-5-14(11)19/h2-6,8-10H,7H2,1H3,(H,21,22,25). The summed E-state index contributed by atoms with van der Waals surface area (Å²) in [7, 11) is 0. The molecule has 0 saturated heterocycles. The lowest BCUT2D eigenvalue weighted by Crippen LogP contribution is -2.24. The number of carbonyl (C=O) groups excluding carboxylic acids is 1. The molecule has 1 atom stereocenters. The van der Waals surface area contributed by atoms with Gasteiger partial charge in [-0.1, -0.05) is 29.8 Å². The summed E-state index contributed by atoms with van der Waals surface area (Å²) >= 11 is 9.41. The Bertz CT molecular complexity index is 910. The minimum Gasteiger partial charge on any atom is -0.306 e. The number of hydrogen-bond acceptors (Lipinski definition) is 3. The number of nitrogens with one attached hydrogen (secondary N) is 1. The molecular formula is C16H14BrClFN5O. The molecule has 1 N–H and O–H groups in total. The van der Waals surface area contributed by atoms with Crippen molar-refractivity contribution in [2.75, 3.05) is 5.32 Å². The number of aromatic nitrogens is 4. The van der Waals surface area contributed by atoms with Crippen LogP contribution in [0.1, 0.15) is 18.5 Å². The van der Waals surface area contributed by atoms with E-state index in [4.69, 9.17) is 11.6 Å². The van der Waals surface area contributed by atoms with Gasteiger partial charge in [0, 0.05) is 18.0 Å². The average molecular weight is 427 g/mol. The molecule has 3 aromatic rings. The van der Waals surface area contributed by atoms with Crippen molar-refractivity contribution in [3.63, 3.8) is 0 Å². The Hall–Kier alpha value is -2.19. The zero-order valence-electron chi connectivity index (χ0n) is 13.2. The van der Waals surface area contributed by atoms with Gasteiger partial charge in [0.1, 0.15) is 16.9 Å². The Morgan fingerprint density at radius 3 is 2.84 bits per heavy atom. The maximum Gasteiger partial charge on any atom is 0.250 e. The van der Waals surface area contributed by atoms with Gasteiger partial charge in [0.15, 0.2) is 5.82 Å². The summed E-state index contributed by atoms with van der Waals surface area (Å²) in [5.74, 6) is -0.410. The highest BCUT2D eigenvalue weighted by molar-refractivity contribution is 9.10. The van der Waals surface area contributed by atoms with Crippen molar-refractivity contribution in [2.45, 2.75) is 19.5 Å². The van der Waals surface area contributed by atoms with E-state index in [-0.39, 0.29) is 29.1 Å². The van der Waals surface area contributed by atoms with Gasteiger partial charge < -0.3 is 5.32 Å². The van der Waals surface area contributed by atoms with Crippen LogP contribution in [0.3, 0.4) is 0 Å². The van der Waals surface area contributed by atoms with Crippen molar-refractivity contribution in [3.05, 3.63) is 63.7 Å². The summed E-state index contributed by atoms with van der Waals surface area (Å²) in [4.78, 5) is 12.3. The summed E-state index contributed by atoms with van der Waals surface area (Å²) < 4.78 is 17.5. The lowest BCUT2D eigenvalue weighted by Gasteiger charge is -2.11. The van der Waals surface area contributed by atoms with Crippen LogP contribution in [0.25, 0.3) is 0 Å². The minimum atomic E-state index is -0.543. The van der Waals surface area contributed by atoms with Gasteiger partial charge >= 0.3 is 0 Å². The first kappa shape index (κ1) is 17.6. The van der Waals surface area contributed by atoms with Gasteiger partial charge in [-0.2, -0.15) is 10.2 Å². The third-order valence-corrected chi connectivity index (χ3v) is 4.28. The number of rotatable bonds is 5. The Balaban J connectivity index is 1.72. The third kappa shape index (κ3) is 4.08. The first-order valence-electron chi connectivity index (χ1n) is 7.41. The number of carbonyl (C=O) groups is 1. The van der Waals surface area contributed by atoms with Crippen molar-refractivity contribution < 1.29 is 9.18 Å². The number of nitrogens with zero attached hydrogens (tertiary/aromatic N) is 4. The molecule has 0 aliphatic heterocycles. The van der Waals surface area contributed by atoms with E-state index in [0.29, 0.717) is 5.56 Å². The van der Waals surface area contributed by atoms with E-state index >= 15 is 0 Å². The third-order valence-electron chi connectivity index (χ3n) is 3.60. The Kier molecular flexibility index (Phi) is 5.19. The average Bonchev–Trinajstić information content (AvgIpc) is 3.15. The normalized spacial score (nSPS) is 12.2. The molecule has 25 heavy (non-hydrogen) atoms. The molecule has 130 valence electrons. The van der Waals surface area contributed by atoms with Gasteiger partial charge in [0.25, 0.3) is 0 Å². The molecule has 6 nitrogen and oxygen atoms in total. The monoisotopic (exact) mass is 425 g/mol. The van der Waals surface area contributed by atoms with Crippen LogP contribution in [-0.2, 0) is 11.3 Å². The summed E-state index contributed by atoms with van der Waals surface area (Å²) in [6.07, 6.45) is 4.83. The van der Waals surface area contributed by atoms with Gasteiger partial charge in [-0.15, -0.1) is 0 Å². The second-order valence-electron chi connectivity index (χ2n) is 5.42. The summed E-state index contributed by atoms with van der Waals surface area (Å²) in [5.41, 5.74) is 0.481. The topological polar surface area (TPSA) is 64.7 Å². The fourth-order valence-electron chi connectivity index (χ4n) is 2.23. The van der Waals surface area contributed by atoms with Crippen LogP contribution in [0.4, 0.5) is 10.2 Å². The van der Waals surface area contributed by atoms with E-state index in [1.54, 1.807) is 43.7 Å². The van der Waals surface area contributed by atoms with Crippen LogP contribution < -0.4 is 5.32 Å². The highest BCUT2D eigenvalue weighted by atomic mass is 79.9. The van der Waals surface area contributed by atoms with Crippen molar-refractivity contribution in [1.29, 1.82) is 0 Å². The van der Waals surface area contributed by atoms with Crippen LogP contribution >= 0.6 is 27.5 Å². The Morgan fingerprint density at radius 2 is 2.16 bits per heavy atom. The number of anilines is 1. The molecule has 3 rings (SSSR count). The number of benzene rings is 1. The minimum absolute atomic E-state index is 0.212. The largest absolute Gasteiger partial charge is 0.306 e. The fourth-order valence-corrected chi connectivity index (χ4v) is 2.73. The van der Waals surface area contributed by atoms with Crippen molar-refractivity contribution in [3.8, 4) is 0 Å². The van der Waals surface area contributed by atoms with Crippen molar-refractivity contribution in [2.24, 2.45) is 0 Å². The zero-order chi connectivity index (χ0) is 18.0. The second kappa shape index (κ2) is 7.37. The molecule has 0 saturated carbocycles. The predicted molar refractivity (Wildman–Crippen MR) is 96.0 cm³/mol. The van der Waals surface area contributed by atoms with Crippen molar-refractivity contribution >= 4 is 39.3 Å². The first-order chi connectivity index (χ1) is 11.9. The van der Waals surface area contributed by atoms with Crippen LogP contribution in [0.5, 0.6) is 0 Å². The molecule has 0 aliphatic carbocycles. The van der Waals surface area contributed by atoms with Crippen LogP contribution in [-0.4, -0.2) is 25.5 Å². The maximum atomic E-state index is 13.7. The molecule has 1 amide bonds. The molecule has 1 aromatic carbocycles. The highest BCUT2D eigenvalue weighted by Crippen LogP contribution is 2.22. The predicted octanol–water partition coefficient (Wildman–Crippen LogP) is 3.88. The Labute approximate surface area is 156 Å². The number of halogens is 3. The SMILES string of the molecule is CC(C(=O)Nc1nn(Cc2ccccc2F)cc1Cl)n1cc(Br)cn1. The lowest BCUT2D eigenvalue weighted by molar-refractivity contribution is -0.119. The molecule has 0 aliphatic rings. The zero-order valence-corrected chi connectivity index (χ0v) is 15.5. The molecule has 1 unspecified atom stereocenters. The lowest BCUT2D eigenvalue weighted by atomic mass is 10.2. The van der Waals surface area contributed by atoms with Gasteiger partial charge in [-0.3, -0.25) is 14.2 Å². The summed E-state index contributed by atoms with van der Waals surface area (Å²) in [6.45, 7) is 1.92. The maximum absolute atomic E-state index is 13.7. The van der Waals surface area contributed by atoms with Crippen LogP contribution in [0.2, 0.25) is 5.02 Å². The Morgan fingerprint density at radius 1 is 1.40 bits per heavy atom. The van der Waals surface area contributed by atoms with E-state index in [1.807, 2.05) is 0 Å². The van der Waals surface area contributed by atoms with Gasteiger partial charge in [0.05, 0.1) is 17.2 Å². The fraction of sp³-hybridized carbons (Fsp3) is 0.188. The molecule has 0 bridgehead atoms. The van der Waals surface area contributed by atoms with E-state index < -0.39 is 6.04 Å². The quantitative estimate of drug-likeness (QED) is 0.673. The summed E-state index contributed by atoms with van der Waals surface area (Å²) in [5, 5.41) is 11.2. The molecular weight excluding hydrogens is 413 g/mol. The van der Waals surface area contributed by atoms with Crippen LogP contribution in [0, 0.1) is 5.82 Å². The van der Waals surface area contributed by atoms with Gasteiger partial charge in [-0.05, 0) is 28.9 Å². The number of hydrogen-bond donors (Lipinski definition) is 1. The van der Waals surface area contributed by atoms with E-state index in [1.165, 1.54) is 15.4 Å². The van der Waals surface area contributed by atoms with Gasteiger partial charge in [-0.25, -0.2) is 4.39 Å². The molecule has 2 heterocycles.